The molecule has 0 spiro atoms. The van der Waals surface area contributed by atoms with Gasteiger partial charge >= 0.3 is 0 Å². The SMILES string of the molecule is CCNC1CC(C)(C)c2c(F)cc(F)c(C)c21. The summed E-state index contributed by atoms with van der Waals surface area (Å²) in [6.45, 7) is 8.58. The first kappa shape index (κ1) is 12.5. The molecule has 0 bridgehead atoms. The van der Waals surface area contributed by atoms with Crippen LogP contribution in [0, 0.1) is 18.6 Å². The van der Waals surface area contributed by atoms with Crippen molar-refractivity contribution in [2.45, 2.75) is 45.6 Å². The topological polar surface area (TPSA) is 12.0 Å². The van der Waals surface area contributed by atoms with Crippen molar-refractivity contribution in [2.24, 2.45) is 0 Å². The predicted octanol–water partition coefficient (Wildman–Crippen LogP) is 3.61. The van der Waals surface area contributed by atoms with Crippen LogP contribution in [0.1, 0.15) is 49.9 Å². The van der Waals surface area contributed by atoms with Crippen LogP contribution in [0.3, 0.4) is 0 Å². The number of benzene rings is 1. The van der Waals surface area contributed by atoms with Crippen molar-refractivity contribution >= 4 is 0 Å². The van der Waals surface area contributed by atoms with Gasteiger partial charge in [0.25, 0.3) is 0 Å². The molecule has 2 rings (SSSR count). The van der Waals surface area contributed by atoms with E-state index in [9.17, 15) is 8.78 Å². The number of hydrogen-bond donors (Lipinski definition) is 1. The zero-order valence-corrected chi connectivity index (χ0v) is 10.8. The van der Waals surface area contributed by atoms with Crippen LogP contribution in [0.15, 0.2) is 6.07 Å². The summed E-state index contributed by atoms with van der Waals surface area (Å²) in [5.41, 5.74) is 1.86. The third-order valence-electron chi connectivity index (χ3n) is 3.71. The zero-order chi connectivity index (χ0) is 12.8. The van der Waals surface area contributed by atoms with Gasteiger partial charge in [-0.2, -0.15) is 0 Å². The van der Waals surface area contributed by atoms with Gasteiger partial charge in [0.2, 0.25) is 0 Å². The smallest absolute Gasteiger partial charge is 0.130 e. The summed E-state index contributed by atoms with van der Waals surface area (Å²) in [4.78, 5) is 0. The number of hydrogen-bond acceptors (Lipinski definition) is 1. The van der Waals surface area contributed by atoms with Crippen LogP contribution in [0.25, 0.3) is 0 Å². The van der Waals surface area contributed by atoms with Gasteiger partial charge in [0.1, 0.15) is 11.6 Å². The summed E-state index contributed by atoms with van der Waals surface area (Å²) >= 11 is 0. The highest BCUT2D eigenvalue weighted by molar-refractivity contribution is 5.47. The van der Waals surface area contributed by atoms with Crippen LogP contribution in [0.5, 0.6) is 0 Å². The molecule has 0 aromatic heterocycles. The molecule has 0 fully saturated rings. The van der Waals surface area contributed by atoms with Crippen LogP contribution < -0.4 is 5.32 Å². The summed E-state index contributed by atoms with van der Waals surface area (Å²) < 4.78 is 27.6. The van der Waals surface area contributed by atoms with E-state index in [1.165, 1.54) is 0 Å². The Morgan fingerprint density at radius 2 is 2.00 bits per heavy atom. The van der Waals surface area contributed by atoms with Gasteiger partial charge in [-0.15, -0.1) is 0 Å². The van der Waals surface area contributed by atoms with Crippen LogP contribution in [-0.2, 0) is 5.41 Å². The van der Waals surface area contributed by atoms with Crippen molar-refractivity contribution in [3.8, 4) is 0 Å². The number of fused-ring (bicyclic) bond motifs is 1. The molecule has 1 atom stereocenters. The van der Waals surface area contributed by atoms with E-state index in [-0.39, 0.29) is 11.5 Å². The highest BCUT2D eigenvalue weighted by atomic mass is 19.1. The van der Waals surface area contributed by atoms with Gasteiger partial charge in [-0.1, -0.05) is 20.8 Å². The molecule has 1 aliphatic rings. The van der Waals surface area contributed by atoms with Gasteiger partial charge in [0.05, 0.1) is 0 Å². The molecule has 1 unspecified atom stereocenters. The Hall–Kier alpha value is -0.960. The monoisotopic (exact) mass is 239 g/mol. The first-order chi connectivity index (χ1) is 7.88. The molecule has 0 radical (unpaired) electrons. The van der Waals surface area contributed by atoms with Crippen molar-refractivity contribution in [1.29, 1.82) is 0 Å². The number of nitrogens with one attached hydrogen (secondary N) is 1. The van der Waals surface area contributed by atoms with Gasteiger partial charge in [0, 0.05) is 12.1 Å². The Morgan fingerprint density at radius 1 is 1.35 bits per heavy atom. The quantitative estimate of drug-likeness (QED) is 0.831. The molecule has 17 heavy (non-hydrogen) atoms. The lowest BCUT2D eigenvalue weighted by Gasteiger charge is -2.20. The summed E-state index contributed by atoms with van der Waals surface area (Å²) in [6.07, 6.45) is 0.817. The van der Waals surface area contributed by atoms with E-state index in [1.54, 1.807) is 6.92 Å². The molecule has 94 valence electrons. The maximum absolute atomic E-state index is 14.0. The first-order valence-electron chi connectivity index (χ1n) is 6.11. The van der Waals surface area contributed by atoms with E-state index in [2.05, 4.69) is 5.32 Å². The van der Waals surface area contributed by atoms with E-state index < -0.39 is 11.6 Å². The van der Waals surface area contributed by atoms with Gasteiger partial charge < -0.3 is 5.32 Å². The molecule has 1 nitrogen and oxygen atoms in total. The lowest BCUT2D eigenvalue weighted by atomic mass is 9.85. The van der Waals surface area contributed by atoms with Gasteiger partial charge in [0.15, 0.2) is 0 Å². The van der Waals surface area contributed by atoms with Crippen LogP contribution in [0.4, 0.5) is 8.78 Å². The molecular weight excluding hydrogens is 220 g/mol. The summed E-state index contributed by atoms with van der Waals surface area (Å²) in [6, 6.07) is 1.08. The molecule has 1 aliphatic carbocycles. The fraction of sp³-hybridized carbons (Fsp3) is 0.571. The standard InChI is InChI=1S/C14H19F2N/c1-5-17-11-7-14(3,4)13-10(16)6-9(15)8(2)12(11)13/h6,11,17H,5,7H2,1-4H3. The molecule has 0 heterocycles. The minimum atomic E-state index is -0.443. The third-order valence-corrected chi connectivity index (χ3v) is 3.71. The average Bonchev–Trinajstić information content (AvgIpc) is 2.47. The lowest BCUT2D eigenvalue weighted by molar-refractivity contribution is 0.424. The van der Waals surface area contributed by atoms with Crippen LogP contribution in [-0.4, -0.2) is 6.54 Å². The van der Waals surface area contributed by atoms with E-state index in [1.807, 2.05) is 20.8 Å². The van der Waals surface area contributed by atoms with Crippen molar-refractivity contribution in [1.82, 2.24) is 5.32 Å². The Kier molecular flexibility index (Phi) is 2.98. The lowest BCUT2D eigenvalue weighted by Crippen LogP contribution is -2.21. The molecule has 1 aromatic carbocycles. The van der Waals surface area contributed by atoms with Gasteiger partial charge in [-0.3, -0.25) is 0 Å². The summed E-state index contributed by atoms with van der Waals surface area (Å²) in [5, 5.41) is 3.32. The molecular formula is C14H19F2N. The van der Waals surface area contributed by atoms with Crippen LogP contribution in [0.2, 0.25) is 0 Å². The van der Waals surface area contributed by atoms with Crippen molar-refractivity contribution in [3.05, 3.63) is 34.4 Å². The zero-order valence-electron chi connectivity index (χ0n) is 10.8. The molecule has 0 amide bonds. The Bertz CT molecular complexity index is 452. The summed E-state index contributed by atoms with van der Waals surface area (Å²) in [7, 11) is 0. The molecule has 1 N–H and O–H groups in total. The molecule has 1 aromatic rings. The minimum absolute atomic E-state index is 0.0650. The average molecular weight is 239 g/mol. The van der Waals surface area contributed by atoms with Gasteiger partial charge in [-0.05, 0) is 42.0 Å². The Labute approximate surface area is 101 Å². The second kappa shape index (κ2) is 4.05. The normalized spacial score (nSPS) is 21.6. The van der Waals surface area contributed by atoms with E-state index in [0.29, 0.717) is 11.1 Å². The largest absolute Gasteiger partial charge is 0.310 e. The Morgan fingerprint density at radius 3 is 2.59 bits per heavy atom. The first-order valence-corrected chi connectivity index (χ1v) is 6.11. The van der Waals surface area contributed by atoms with Gasteiger partial charge in [-0.25, -0.2) is 8.78 Å². The second-order valence-corrected chi connectivity index (χ2v) is 5.45. The predicted molar refractivity (Wildman–Crippen MR) is 65.2 cm³/mol. The number of halogens is 2. The highest BCUT2D eigenvalue weighted by Crippen LogP contribution is 2.47. The summed E-state index contributed by atoms with van der Waals surface area (Å²) in [5.74, 6) is -0.852. The molecule has 0 aliphatic heterocycles. The van der Waals surface area contributed by atoms with Crippen molar-refractivity contribution < 1.29 is 8.78 Å². The molecule has 0 saturated carbocycles. The van der Waals surface area contributed by atoms with Crippen molar-refractivity contribution in [3.63, 3.8) is 0 Å². The Balaban J connectivity index is 2.65. The maximum atomic E-state index is 14.0. The minimum Gasteiger partial charge on any atom is -0.310 e. The van der Waals surface area contributed by atoms with E-state index in [4.69, 9.17) is 0 Å². The van der Waals surface area contributed by atoms with E-state index in [0.717, 1.165) is 24.6 Å². The molecule has 3 heteroatoms. The number of rotatable bonds is 2. The highest BCUT2D eigenvalue weighted by Gasteiger charge is 2.40. The van der Waals surface area contributed by atoms with Crippen LogP contribution >= 0.6 is 0 Å². The fourth-order valence-electron chi connectivity index (χ4n) is 2.99. The van der Waals surface area contributed by atoms with Crippen molar-refractivity contribution in [2.75, 3.05) is 6.54 Å². The van der Waals surface area contributed by atoms with E-state index >= 15 is 0 Å². The second-order valence-electron chi connectivity index (χ2n) is 5.45. The molecule has 0 saturated heterocycles. The maximum Gasteiger partial charge on any atom is 0.130 e. The third kappa shape index (κ3) is 1.86. The fourth-order valence-corrected chi connectivity index (χ4v) is 2.99.